The number of thiol groups is 1. The standard InChI is InChI=1S/C7H15NS2/c1-2-6-10-7-4-8-3-5-9/h2,8-9H,1,3-7H2. The second-order valence-corrected chi connectivity index (χ2v) is 3.43. The van der Waals surface area contributed by atoms with E-state index in [9.17, 15) is 0 Å². The minimum absolute atomic E-state index is 0.923. The highest BCUT2D eigenvalue weighted by Gasteiger charge is 1.84. The van der Waals surface area contributed by atoms with Crippen molar-refractivity contribution in [1.82, 2.24) is 5.32 Å². The number of hydrogen-bond acceptors (Lipinski definition) is 3. The van der Waals surface area contributed by atoms with Gasteiger partial charge in [0.2, 0.25) is 0 Å². The van der Waals surface area contributed by atoms with Crippen LogP contribution in [0.25, 0.3) is 0 Å². The molecule has 1 nitrogen and oxygen atoms in total. The largest absolute Gasteiger partial charge is 0.315 e. The van der Waals surface area contributed by atoms with Gasteiger partial charge in [-0.2, -0.15) is 24.4 Å². The Balaban J connectivity index is 2.70. The van der Waals surface area contributed by atoms with Crippen LogP contribution in [-0.2, 0) is 0 Å². The summed E-state index contributed by atoms with van der Waals surface area (Å²) in [6.45, 7) is 5.74. The lowest BCUT2D eigenvalue weighted by atomic mass is 10.7. The Labute approximate surface area is 73.1 Å². The Bertz CT molecular complexity index is 76.0. The molecule has 0 atom stereocenters. The number of rotatable bonds is 7. The smallest absolute Gasteiger partial charge is 0.0111 e. The van der Waals surface area contributed by atoms with Crippen molar-refractivity contribution in [3.05, 3.63) is 12.7 Å². The Morgan fingerprint density at radius 3 is 2.90 bits per heavy atom. The van der Waals surface area contributed by atoms with Gasteiger partial charge in [-0.15, -0.1) is 6.58 Å². The van der Waals surface area contributed by atoms with Gasteiger partial charge < -0.3 is 5.32 Å². The van der Waals surface area contributed by atoms with Crippen LogP contribution < -0.4 is 5.32 Å². The molecular weight excluding hydrogens is 162 g/mol. The molecule has 0 rings (SSSR count). The van der Waals surface area contributed by atoms with E-state index in [1.165, 1.54) is 5.75 Å². The fourth-order valence-corrected chi connectivity index (χ4v) is 1.30. The van der Waals surface area contributed by atoms with Crippen LogP contribution in [0.4, 0.5) is 0 Å². The summed E-state index contributed by atoms with van der Waals surface area (Å²) in [4.78, 5) is 0. The highest BCUT2D eigenvalue weighted by molar-refractivity contribution is 7.99. The second-order valence-electron chi connectivity index (χ2n) is 1.84. The molecule has 0 unspecified atom stereocenters. The quantitative estimate of drug-likeness (QED) is 0.347. The molecule has 60 valence electrons. The molecule has 0 aliphatic heterocycles. The van der Waals surface area contributed by atoms with E-state index in [2.05, 4.69) is 24.5 Å². The average Bonchev–Trinajstić information content (AvgIpc) is 1.97. The highest BCUT2D eigenvalue weighted by Crippen LogP contribution is 1.96. The Morgan fingerprint density at radius 2 is 2.30 bits per heavy atom. The van der Waals surface area contributed by atoms with Crippen LogP contribution in [0.15, 0.2) is 12.7 Å². The van der Waals surface area contributed by atoms with Gasteiger partial charge in [0, 0.05) is 30.3 Å². The molecule has 0 aromatic carbocycles. The molecule has 0 aliphatic rings. The van der Waals surface area contributed by atoms with Gasteiger partial charge in [0.25, 0.3) is 0 Å². The Kier molecular flexibility index (Phi) is 9.78. The van der Waals surface area contributed by atoms with Crippen LogP contribution in [0.5, 0.6) is 0 Å². The first kappa shape index (κ1) is 10.4. The highest BCUT2D eigenvalue weighted by atomic mass is 32.2. The first-order valence-electron chi connectivity index (χ1n) is 3.42. The lowest BCUT2D eigenvalue weighted by Gasteiger charge is -1.99. The molecule has 0 saturated heterocycles. The van der Waals surface area contributed by atoms with Crippen molar-refractivity contribution in [2.24, 2.45) is 0 Å². The summed E-state index contributed by atoms with van der Waals surface area (Å²) in [6, 6.07) is 0. The molecule has 10 heavy (non-hydrogen) atoms. The first-order valence-corrected chi connectivity index (χ1v) is 5.20. The van der Waals surface area contributed by atoms with Crippen LogP contribution in [0, 0.1) is 0 Å². The Hall–Kier alpha value is 0.400. The van der Waals surface area contributed by atoms with E-state index in [4.69, 9.17) is 0 Å². The average molecular weight is 177 g/mol. The number of nitrogens with one attached hydrogen (secondary N) is 1. The van der Waals surface area contributed by atoms with Gasteiger partial charge in [0.05, 0.1) is 0 Å². The van der Waals surface area contributed by atoms with Crippen molar-refractivity contribution >= 4 is 24.4 Å². The van der Waals surface area contributed by atoms with E-state index in [-0.39, 0.29) is 0 Å². The van der Waals surface area contributed by atoms with E-state index in [0.29, 0.717) is 0 Å². The van der Waals surface area contributed by atoms with E-state index in [0.717, 1.165) is 24.6 Å². The van der Waals surface area contributed by atoms with E-state index in [1.54, 1.807) is 0 Å². The van der Waals surface area contributed by atoms with Crippen LogP contribution in [0.2, 0.25) is 0 Å². The molecule has 0 heterocycles. The Morgan fingerprint density at radius 1 is 1.50 bits per heavy atom. The molecule has 3 heteroatoms. The summed E-state index contributed by atoms with van der Waals surface area (Å²) in [7, 11) is 0. The lowest BCUT2D eigenvalue weighted by molar-refractivity contribution is 0.775. The first-order chi connectivity index (χ1) is 4.91. The van der Waals surface area contributed by atoms with Crippen molar-refractivity contribution in [2.45, 2.75) is 0 Å². The zero-order valence-electron chi connectivity index (χ0n) is 6.18. The van der Waals surface area contributed by atoms with E-state index >= 15 is 0 Å². The third-order valence-corrected chi connectivity index (χ3v) is 2.14. The molecule has 0 saturated carbocycles. The summed E-state index contributed by atoms with van der Waals surface area (Å²) < 4.78 is 0. The van der Waals surface area contributed by atoms with Crippen molar-refractivity contribution in [3.8, 4) is 0 Å². The zero-order valence-corrected chi connectivity index (χ0v) is 7.89. The maximum absolute atomic E-state index is 4.08. The normalized spacial score (nSPS) is 9.70. The number of hydrogen-bond donors (Lipinski definition) is 2. The maximum Gasteiger partial charge on any atom is 0.0111 e. The van der Waals surface area contributed by atoms with E-state index in [1.807, 2.05) is 17.8 Å². The molecule has 0 aromatic rings. The minimum atomic E-state index is 0.923. The van der Waals surface area contributed by atoms with E-state index < -0.39 is 0 Å². The van der Waals surface area contributed by atoms with Crippen molar-refractivity contribution in [3.63, 3.8) is 0 Å². The molecule has 0 spiro atoms. The van der Waals surface area contributed by atoms with Gasteiger partial charge in [-0.05, 0) is 0 Å². The lowest BCUT2D eigenvalue weighted by Crippen LogP contribution is -2.19. The minimum Gasteiger partial charge on any atom is -0.315 e. The van der Waals surface area contributed by atoms with Gasteiger partial charge in [0.1, 0.15) is 0 Å². The third-order valence-electron chi connectivity index (χ3n) is 0.947. The van der Waals surface area contributed by atoms with Crippen molar-refractivity contribution in [1.29, 1.82) is 0 Å². The SMILES string of the molecule is C=CCSCCNCCS. The molecular formula is C7H15NS2. The van der Waals surface area contributed by atoms with Crippen molar-refractivity contribution < 1.29 is 0 Å². The monoisotopic (exact) mass is 177 g/mol. The fourth-order valence-electron chi connectivity index (χ4n) is 0.515. The van der Waals surface area contributed by atoms with Gasteiger partial charge in [0.15, 0.2) is 0 Å². The third kappa shape index (κ3) is 8.40. The maximum atomic E-state index is 4.08. The van der Waals surface area contributed by atoms with Gasteiger partial charge in [-0.1, -0.05) is 6.08 Å². The predicted molar refractivity (Wildman–Crippen MR) is 54.2 cm³/mol. The molecule has 0 amide bonds. The van der Waals surface area contributed by atoms with Crippen LogP contribution in [-0.4, -0.2) is 30.3 Å². The van der Waals surface area contributed by atoms with Gasteiger partial charge in [-0.25, -0.2) is 0 Å². The van der Waals surface area contributed by atoms with Gasteiger partial charge in [-0.3, -0.25) is 0 Å². The molecule has 0 fully saturated rings. The fraction of sp³-hybridized carbons (Fsp3) is 0.714. The molecule has 0 radical (unpaired) electrons. The summed E-state index contributed by atoms with van der Waals surface area (Å²) in [5.74, 6) is 3.15. The summed E-state index contributed by atoms with van der Waals surface area (Å²) in [5, 5.41) is 3.26. The predicted octanol–water partition coefficient (Wildman–Crippen LogP) is 1.42. The molecule has 0 aromatic heterocycles. The van der Waals surface area contributed by atoms with Crippen LogP contribution in [0.3, 0.4) is 0 Å². The summed E-state index contributed by atoms with van der Waals surface area (Å²) in [6.07, 6.45) is 1.93. The second kappa shape index (κ2) is 9.40. The van der Waals surface area contributed by atoms with Crippen LogP contribution >= 0.6 is 24.4 Å². The zero-order chi connectivity index (χ0) is 7.66. The van der Waals surface area contributed by atoms with Crippen LogP contribution in [0.1, 0.15) is 0 Å². The number of thioether (sulfide) groups is 1. The topological polar surface area (TPSA) is 12.0 Å². The van der Waals surface area contributed by atoms with Crippen molar-refractivity contribution in [2.75, 3.05) is 30.3 Å². The van der Waals surface area contributed by atoms with Gasteiger partial charge >= 0.3 is 0 Å². The molecule has 1 N–H and O–H groups in total. The molecule has 0 bridgehead atoms. The summed E-state index contributed by atoms with van der Waals surface area (Å²) >= 11 is 5.98. The summed E-state index contributed by atoms with van der Waals surface area (Å²) in [5.41, 5.74) is 0. The molecule has 0 aliphatic carbocycles.